The lowest BCUT2D eigenvalue weighted by Gasteiger charge is -2.28. The van der Waals surface area contributed by atoms with Crippen LogP contribution >= 0.6 is 11.3 Å². The van der Waals surface area contributed by atoms with Crippen LogP contribution in [0.2, 0.25) is 0 Å². The number of hydrogen-bond acceptors (Lipinski definition) is 5. The third-order valence-electron chi connectivity index (χ3n) is 3.99. The van der Waals surface area contributed by atoms with E-state index in [0.29, 0.717) is 35.2 Å². The number of aryl methyl sites for hydroxylation is 1. The molecular weight excluding hydrogens is 334 g/mol. The van der Waals surface area contributed by atoms with Gasteiger partial charge in [0.1, 0.15) is 4.21 Å². The van der Waals surface area contributed by atoms with Crippen molar-refractivity contribution in [3.05, 3.63) is 40.3 Å². The highest BCUT2D eigenvalue weighted by Crippen LogP contribution is 2.35. The molecule has 0 saturated carbocycles. The van der Waals surface area contributed by atoms with Crippen molar-refractivity contribution in [3.8, 4) is 11.5 Å². The quantitative estimate of drug-likeness (QED) is 0.848. The summed E-state index contributed by atoms with van der Waals surface area (Å²) < 4.78 is 38.1. The van der Waals surface area contributed by atoms with Gasteiger partial charge in [-0.05, 0) is 48.7 Å². The van der Waals surface area contributed by atoms with Crippen LogP contribution in [0.15, 0.2) is 28.5 Å². The molecule has 1 aliphatic heterocycles. The van der Waals surface area contributed by atoms with Crippen LogP contribution in [0.1, 0.15) is 16.0 Å². The topological polar surface area (TPSA) is 55.8 Å². The second-order valence-corrected chi connectivity index (χ2v) is 8.88. The SMILES string of the molecule is COc1cc2c(cc1OC)CN(S(=O)(=O)c1ccc(C)s1)CC2. The summed E-state index contributed by atoms with van der Waals surface area (Å²) in [4.78, 5) is 0.993. The van der Waals surface area contributed by atoms with E-state index in [1.54, 1.807) is 20.3 Å². The van der Waals surface area contributed by atoms with Crippen molar-refractivity contribution in [3.63, 3.8) is 0 Å². The number of methoxy groups -OCH3 is 2. The van der Waals surface area contributed by atoms with Gasteiger partial charge in [0.15, 0.2) is 11.5 Å². The van der Waals surface area contributed by atoms with Crippen molar-refractivity contribution >= 4 is 21.4 Å². The summed E-state index contributed by atoms with van der Waals surface area (Å²) in [6, 6.07) is 7.33. The molecular formula is C16H19NO4S2. The molecule has 5 nitrogen and oxygen atoms in total. The lowest BCUT2D eigenvalue weighted by atomic mass is 10.0. The van der Waals surface area contributed by atoms with Gasteiger partial charge >= 0.3 is 0 Å². The second kappa shape index (κ2) is 6.14. The average molecular weight is 353 g/mol. The normalized spacial score (nSPS) is 15.3. The van der Waals surface area contributed by atoms with E-state index in [-0.39, 0.29) is 0 Å². The fraction of sp³-hybridized carbons (Fsp3) is 0.375. The Bertz CT molecular complexity index is 827. The van der Waals surface area contributed by atoms with Gasteiger partial charge in [-0.15, -0.1) is 11.3 Å². The Morgan fingerprint density at radius 1 is 1.09 bits per heavy atom. The standard InChI is InChI=1S/C16H19NO4S2/c1-11-4-5-16(22-11)23(18,19)17-7-6-12-8-14(20-2)15(21-3)9-13(12)10-17/h4-5,8-9H,6-7,10H2,1-3H3. The first kappa shape index (κ1) is 16.3. The van der Waals surface area contributed by atoms with E-state index in [9.17, 15) is 8.42 Å². The van der Waals surface area contributed by atoms with Crippen molar-refractivity contribution in [2.75, 3.05) is 20.8 Å². The van der Waals surface area contributed by atoms with Gasteiger partial charge in [0.2, 0.25) is 0 Å². The van der Waals surface area contributed by atoms with Gasteiger partial charge in [-0.3, -0.25) is 0 Å². The molecule has 2 aromatic rings. The highest BCUT2D eigenvalue weighted by Gasteiger charge is 2.30. The van der Waals surface area contributed by atoms with Crippen molar-refractivity contribution in [2.24, 2.45) is 0 Å². The zero-order valence-corrected chi connectivity index (χ0v) is 15.0. The summed E-state index contributed by atoms with van der Waals surface area (Å²) in [6.07, 6.45) is 0.666. The number of rotatable bonds is 4. The van der Waals surface area contributed by atoms with Crippen LogP contribution in [-0.2, 0) is 23.0 Å². The highest BCUT2D eigenvalue weighted by atomic mass is 32.2. The first-order chi connectivity index (χ1) is 11.0. The molecule has 0 unspecified atom stereocenters. The second-order valence-electron chi connectivity index (χ2n) is 5.43. The molecule has 124 valence electrons. The molecule has 0 saturated heterocycles. The predicted octanol–water partition coefficient (Wildman–Crippen LogP) is 2.82. The zero-order chi connectivity index (χ0) is 16.6. The molecule has 1 aromatic heterocycles. The van der Waals surface area contributed by atoms with Crippen molar-refractivity contribution in [1.29, 1.82) is 0 Å². The van der Waals surface area contributed by atoms with Crippen LogP contribution in [0.4, 0.5) is 0 Å². The summed E-state index contributed by atoms with van der Waals surface area (Å²) in [7, 11) is -0.260. The fourth-order valence-electron chi connectivity index (χ4n) is 2.74. The molecule has 23 heavy (non-hydrogen) atoms. The van der Waals surface area contributed by atoms with Crippen LogP contribution < -0.4 is 9.47 Å². The lowest BCUT2D eigenvalue weighted by molar-refractivity contribution is 0.348. The van der Waals surface area contributed by atoms with E-state index >= 15 is 0 Å². The minimum Gasteiger partial charge on any atom is -0.493 e. The van der Waals surface area contributed by atoms with E-state index in [2.05, 4.69) is 0 Å². The molecule has 0 fully saturated rings. The van der Waals surface area contributed by atoms with Gasteiger partial charge in [0.25, 0.3) is 10.0 Å². The molecule has 0 bridgehead atoms. The average Bonchev–Trinajstić information content (AvgIpc) is 3.00. The maximum atomic E-state index is 12.8. The smallest absolute Gasteiger partial charge is 0.252 e. The van der Waals surface area contributed by atoms with E-state index in [1.165, 1.54) is 15.6 Å². The minimum atomic E-state index is -3.44. The Labute approximate surface area is 140 Å². The third-order valence-corrected chi connectivity index (χ3v) is 7.31. The molecule has 0 radical (unpaired) electrons. The maximum Gasteiger partial charge on any atom is 0.252 e. The number of nitrogens with zero attached hydrogens (tertiary/aromatic N) is 1. The largest absolute Gasteiger partial charge is 0.493 e. The monoisotopic (exact) mass is 353 g/mol. The van der Waals surface area contributed by atoms with Crippen LogP contribution in [-0.4, -0.2) is 33.5 Å². The van der Waals surface area contributed by atoms with Crippen LogP contribution in [0.3, 0.4) is 0 Å². The van der Waals surface area contributed by atoms with Gasteiger partial charge < -0.3 is 9.47 Å². The lowest BCUT2D eigenvalue weighted by Crippen LogP contribution is -2.35. The Morgan fingerprint density at radius 3 is 2.30 bits per heavy atom. The molecule has 7 heteroatoms. The Hall–Kier alpha value is -1.57. The summed E-state index contributed by atoms with van der Waals surface area (Å²) in [5.41, 5.74) is 2.07. The predicted molar refractivity (Wildman–Crippen MR) is 89.9 cm³/mol. The highest BCUT2D eigenvalue weighted by molar-refractivity contribution is 7.91. The molecule has 1 aliphatic rings. The van der Waals surface area contributed by atoms with Gasteiger partial charge in [0, 0.05) is 18.0 Å². The van der Waals surface area contributed by atoms with Crippen molar-refractivity contribution < 1.29 is 17.9 Å². The van der Waals surface area contributed by atoms with Gasteiger partial charge in [-0.25, -0.2) is 8.42 Å². The molecule has 0 atom stereocenters. The molecule has 3 rings (SSSR count). The van der Waals surface area contributed by atoms with Crippen molar-refractivity contribution in [1.82, 2.24) is 4.31 Å². The summed E-state index contributed by atoms with van der Waals surface area (Å²) in [5.74, 6) is 1.30. The molecule has 0 N–H and O–H groups in total. The maximum absolute atomic E-state index is 12.8. The van der Waals surface area contributed by atoms with Gasteiger partial charge in [-0.1, -0.05) is 0 Å². The molecule has 0 spiro atoms. The number of sulfonamides is 1. The van der Waals surface area contributed by atoms with Crippen molar-refractivity contribution in [2.45, 2.75) is 24.1 Å². The van der Waals surface area contributed by atoms with E-state index in [4.69, 9.17) is 9.47 Å². The van der Waals surface area contributed by atoms with E-state index in [1.807, 2.05) is 25.1 Å². The minimum absolute atomic E-state index is 0.356. The summed E-state index contributed by atoms with van der Waals surface area (Å²) >= 11 is 1.31. The van der Waals surface area contributed by atoms with Crippen LogP contribution in [0.25, 0.3) is 0 Å². The number of thiophene rings is 1. The van der Waals surface area contributed by atoms with E-state index in [0.717, 1.165) is 16.0 Å². The molecule has 0 aliphatic carbocycles. The summed E-state index contributed by atoms with van der Waals surface area (Å²) in [6.45, 7) is 2.74. The Morgan fingerprint density at radius 2 is 1.74 bits per heavy atom. The first-order valence-electron chi connectivity index (χ1n) is 7.26. The van der Waals surface area contributed by atoms with Crippen LogP contribution in [0, 0.1) is 6.92 Å². The number of fused-ring (bicyclic) bond motifs is 1. The third kappa shape index (κ3) is 2.96. The Balaban J connectivity index is 1.93. The summed E-state index contributed by atoms with van der Waals surface area (Å²) in [5, 5.41) is 0. The number of benzene rings is 1. The Kier molecular flexibility index (Phi) is 4.35. The zero-order valence-electron chi connectivity index (χ0n) is 13.3. The first-order valence-corrected chi connectivity index (χ1v) is 9.51. The molecule has 0 amide bonds. The van der Waals surface area contributed by atoms with E-state index < -0.39 is 10.0 Å². The van der Waals surface area contributed by atoms with Crippen LogP contribution in [0.5, 0.6) is 11.5 Å². The van der Waals surface area contributed by atoms with Gasteiger partial charge in [0.05, 0.1) is 14.2 Å². The number of ether oxygens (including phenoxy) is 2. The van der Waals surface area contributed by atoms with Gasteiger partial charge in [-0.2, -0.15) is 4.31 Å². The number of hydrogen-bond donors (Lipinski definition) is 0. The molecule has 2 heterocycles. The molecule has 1 aromatic carbocycles. The fourth-order valence-corrected chi connectivity index (χ4v) is 5.60.